The first-order chi connectivity index (χ1) is 6.86. The highest BCUT2D eigenvalue weighted by molar-refractivity contribution is 5.93. The van der Waals surface area contributed by atoms with E-state index in [0.29, 0.717) is 0 Å². The average molecular weight is 218 g/mol. The maximum absolute atomic E-state index is 12.3. The third kappa shape index (κ3) is 2.45. The van der Waals surface area contributed by atoms with Gasteiger partial charge in [0.2, 0.25) is 0 Å². The molecule has 0 bridgehead atoms. The molecule has 1 heterocycles. The second-order valence-electron chi connectivity index (χ2n) is 2.91. The predicted molar refractivity (Wildman–Crippen MR) is 47.1 cm³/mol. The lowest BCUT2D eigenvalue weighted by Gasteiger charge is -2.09. The number of aromatic nitrogens is 1. The van der Waals surface area contributed by atoms with E-state index < -0.39 is 17.8 Å². The molecule has 3 nitrogen and oxygen atoms in total. The largest absolute Gasteiger partial charge is 0.433 e. The molecule has 2 N–H and O–H groups in total. The summed E-state index contributed by atoms with van der Waals surface area (Å²) in [6, 6.07) is 1.80. The minimum Gasteiger partial charge on any atom is -0.366 e. The summed E-state index contributed by atoms with van der Waals surface area (Å²) >= 11 is 0. The number of primary amides is 1. The van der Waals surface area contributed by atoms with Crippen LogP contribution in [0.25, 0.3) is 0 Å². The molecular formula is C9H9F3N2O. The summed E-state index contributed by atoms with van der Waals surface area (Å²) in [6.45, 7) is 1.61. The minimum absolute atomic E-state index is 0.0329. The van der Waals surface area contributed by atoms with Crippen LogP contribution < -0.4 is 5.73 Å². The average Bonchev–Trinajstić information content (AvgIpc) is 2.15. The molecule has 0 unspecified atom stereocenters. The molecule has 1 amide bonds. The number of hydrogen-bond donors (Lipinski definition) is 1. The fraction of sp³-hybridized carbons (Fsp3) is 0.333. The van der Waals surface area contributed by atoms with Crippen LogP contribution in [0.1, 0.15) is 28.7 Å². The van der Waals surface area contributed by atoms with Gasteiger partial charge in [-0.15, -0.1) is 0 Å². The molecule has 0 radical (unpaired) electrons. The van der Waals surface area contributed by atoms with Crippen LogP contribution in [0.5, 0.6) is 0 Å². The zero-order chi connectivity index (χ0) is 11.6. The van der Waals surface area contributed by atoms with Gasteiger partial charge in [0, 0.05) is 0 Å². The predicted octanol–water partition coefficient (Wildman–Crippen LogP) is 1.76. The quantitative estimate of drug-likeness (QED) is 0.822. The van der Waals surface area contributed by atoms with Crippen LogP contribution in [0.2, 0.25) is 0 Å². The van der Waals surface area contributed by atoms with Crippen molar-refractivity contribution in [2.24, 2.45) is 5.73 Å². The third-order valence-electron chi connectivity index (χ3n) is 1.86. The summed E-state index contributed by atoms with van der Waals surface area (Å²) in [4.78, 5) is 14.2. The van der Waals surface area contributed by atoms with E-state index in [-0.39, 0.29) is 17.7 Å². The first-order valence-electron chi connectivity index (χ1n) is 4.23. The molecule has 0 aliphatic rings. The lowest BCUT2D eigenvalue weighted by atomic mass is 10.1. The highest BCUT2D eigenvalue weighted by Crippen LogP contribution is 2.28. The van der Waals surface area contributed by atoms with Crippen molar-refractivity contribution in [2.45, 2.75) is 19.5 Å². The van der Waals surface area contributed by atoms with Gasteiger partial charge in [-0.25, -0.2) is 4.98 Å². The molecule has 0 saturated heterocycles. The molecule has 0 aliphatic carbocycles. The molecule has 0 atom stereocenters. The van der Waals surface area contributed by atoms with Crippen molar-refractivity contribution in [3.63, 3.8) is 0 Å². The molecule has 0 fully saturated rings. The molecular weight excluding hydrogens is 209 g/mol. The van der Waals surface area contributed by atoms with Gasteiger partial charge in [-0.05, 0) is 18.6 Å². The van der Waals surface area contributed by atoms with Crippen molar-refractivity contribution in [3.05, 3.63) is 29.1 Å². The number of carbonyl (C=O) groups is 1. The maximum Gasteiger partial charge on any atom is 0.433 e. The zero-order valence-corrected chi connectivity index (χ0v) is 7.93. The van der Waals surface area contributed by atoms with Crippen LogP contribution in [0.3, 0.4) is 0 Å². The summed E-state index contributed by atoms with van der Waals surface area (Å²) < 4.78 is 36.8. The smallest absolute Gasteiger partial charge is 0.366 e. The Morgan fingerprint density at radius 1 is 1.47 bits per heavy atom. The summed E-state index contributed by atoms with van der Waals surface area (Å²) in [5.74, 6) is -0.770. The van der Waals surface area contributed by atoms with Gasteiger partial charge in [0.05, 0.1) is 11.3 Å². The number of hydrogen-bond acceptors (Lipinski definition) is 2. The van der Waals surface area contributed by atoms with Gasteiger partial charge in [-0.1, -0.05) is 6.92 Å². The van der Waals surface area contributed by atoms with Gasteiger partial charge in [-0.2, -0.15) is 13.2 Å². The highest BCUT2D eigenvalue weighted by Gasteiger charge is 2.33. The Morgan fingerprint density at radius 2 is 2.07 bits per heavy atom. The van der Waals surface area contributed by atoms with Crippen LogP contribution in [0.15, 0.2) is 12.1 Å². The second-order valence-corrected chi connectivity index (χ2v) is 2.91. The Balaban J connectivity index is 3.25. The van der Waals surface area contributed by atoms with Crippen LogP contribution >= 0.6 is 0 Å². The molecule has 0 spiro atoms. The van der Waals surface area contributed by atoms with Crippen molar-refractivity contribution < 1.29 is 18.0 Å². The van der Waals surface area contributed by atoms with Crippen molar-refractivity contribution >= 4 is 5.91 Å². The van der Waals surface area contributed by atoms with E-state index in [4.69, 9.17) is 5.73 Å². The standard InChI is InChI=1S/C9H9F3N2O/c1-2-6-5(8(13)15)3-4-7(14-6)9(10,11)12/h3-4H,2H2,1H3,(H2,13,15). The number of carbonyl (C=O) groups excluding carboxylic acids is 1. The number of nitrogens with two attached hydrogens (primary N) is 1. The van der Waals surface area contributed by atoms with Crippen LogP contribution in [-0.4, -0.2) is 10.9 Å². The van der Waals surface area contributed by atoms with Crippen molar-refractivity contribution in [2.75, 3.05) is 0 Å². The number of amides is 1. The number of alkyl halides is 3. The Kier molecular flexibility index (Phi) is 2.97. The van der Waals surface area contributed by atoms with E-state index in [0.717, 1.165) is 12.1 Å². The van der Waals surface area contributed by atoms with Crippen molar-refractivity contribution in [3.8, 4) is 0 Å². The van der Waals surface area contributed by atoms with Crippen LogP contribution in [-0.2, 0) is 12.6 Å². The Hall–Kier alpha value is -1.59. The monoisotopic (exact) mass is 218 g/mol. The molecule has 15 heavy (non-hydrogen) atoms. The topological polar surface area (TPSA) is 56.0 Å². The van der Waals surface area contributed by atoms with E-state index in [1.165, 1.54) is 0 Å². The zero-order valence-electron chi connectivity index (χ0n) is 7.93. The SMILES string of the molecule is CCc1nc(C(F)(F)F)ccc1C(N)=O. The van der Waals surface area contributed by atoms with Crippen molar-refractivity contribution in [1.29, 1.82) is 0 Å². The van der Waals surface area contributed by atoms with Crippen molar-refractivity contribution in [1.82, 2.24) is 4.98 Å². The molecule has 0 saturated carbocycles. The first-order valence-corrected chi connectivity index (χ1v) is 4.23. The Morgan fingerprint density at radius 3 is 2.47 bits per heavy atom. The van der Waals surface area contributed by atoms with Gasteiger partial charge in [0.25, 0.3) is 5.91 Å². The van der Waals surface area contributed by atoms with E-state index in [9.17, 15) is 18.0 Å². The van der Waals surface area contributed by atoms with Gasteiger partial charge in [-0.3, -0.25) is 4.79 Å². The Labute approximate surface area is 84.1 Å². The molecule has 0 aliphatic heterocycles. The summed E-state index contributed by atoms with van der Waals surface area (Å²) in [6.07, 6.45) is -4.28. The van der Waals surface area contributed by atoms with E-state index in [1.807, 2.05) is 0 Å². The van der Waals surface area contributed by atoms with Gasteiger partial charge in [0.1, 0.15) is 5.69 Å². The first kappa shape index (κ1) is 11.5. The fourth-order valence-electron chi connectivity index (χ4n) is 1.15. The van der Waals surface area contributed by atoms with Gasteiger partial charge < -0.3 is 5.73 Å². The number of pyridine rings is 1. The fourth-order valence-corrected chi connectivity index (χ4v) is 1.15. The maximum atomic E-state index is 12.3. The molecule has 1 aromatic heterocycles. The van der Waals surface area contributed by atoms with E-state index >= 15 is 0 Å². The molecule has 1 rings (SSSR count). The minimum atomic E-state index is -4.50. The summed E-state index contributed by atoms with van der Waals surface area (Å²) in [5, 5.41) is 0. The van der Waals surface area contributed by atoms with Gasteiger partial charge in [0.15, 0.2) is 0 Å². The number of aryl methyl sites for hydroxylation is 1. The normalized spacial score (nSPS) is 11.5. The third-order valence-corrected chi connectivity index (χ3v) is 1.86. The lowest BCUT2D eigenvalue weighted by Crippen LogP contribution is -2.17. The molecule has 6 heteroatoms. The van der Waals surface area contributed by atoms with Crippen LogP contribution in [0, 0.1) is 0 Å². The van der Waals surface area contributed by atoms with E-state index in [1.54, 1.807) is 6.92 Å². The molecule has 82 valence electrons. The highest BCUT2D eigenvalue weighted by atomic mass is 19.4. The summed E-state index contributed by atoms with van der Waals surface area (Å²) in [7, 11) is 0. The molecule has 1 aromatic rings. The summed E-state index contributed by atoms with van der Waals surface area (Å²) in [5.41, 5.74) is 4.08. The van der Waals surface area contributed by atoms with Gasteiger partial charge >= 0.3 is 6.18 Å². The number of halogens is 3. The van der Waals surface area contributed by atoms with E-state index in [2.05, 4.69) is 4.98 Å². The lowest BCUT2D eigenvalue weighted by molar-refractivity contribution is -0.141. The second kappa shape index (κ2) is 3.88. The van der Waals surface area contributed by atoms with Crippen LogP contribution in [0.4, 0.5) is 13.2 Å². The number of nitrogens with zero attached hydrogens (tertiary/aromatic N) is 1. The molecule has 0 aromatic carbocycles. The Bertz CT molecular complexity index is 387. The number of rotatable bonds is 2.